The minimum Gasteiger partial charge on any atom is -0.321 e. The monoisotopic (exact) mass is 244 g/mol. The smallest absolute Gasteiger partial charge is 0.265 e. The maximum atomic E-state index is 12.0. The number of thiophene rings is 1. The Labute approximate surface area is 104 Å². The van der Waals surface area contributed by atoms with Crippen LogP contribution in [0.3, 0.4) is 0 Å². The van der Waals surface area contributed by atoms with E-state index in [1.165, 1.54) is 16.9 Å². The summed E-state index contributed by atoms with van der Waals surface area (Å²) in [5.41, 5.74) is 2.15. The maximum Gasteiger partial charge on any atom is 0.265 e. The Kier molecular flexibility index (Phi) is 2.65. The minimum absolute atomic E-state index is 0.0180. The summed E-state index contributed by atoms with van der Waals surface area (Å²) in [6.45, 7) is 0. The Morgan fingerprint density at radius 1 is 1.29 bits per heavy atom. The molecular weight excluding hydrogens is 232 g/mol. The van der Waals surface area contributed by atoms with Gasteiger partial charge in [0.25, 0.3) is 5.91 Å². The number of aryl methyl sites for hydroxylation is 2. The summed E-state index contributed by atoms with van der Waals surface area (Å²) in [6.07, 6.45) is 6.82. The van der Waals surface area contributed by atoms with E-state index in [1.54, 1.807) is 35.9 Å². The molecule has 0 aliphatic heterocycles. The average molecular weight is 244 g/mol. The van der Waals surface area contributed by atoms with Gasteiger partial charge in [-0.25, -0.2) is 0 Å². The molecule has 0 saturated carbocycles. The van der Waals surface area contributed by atoms with Crippen LogP contribution in [0.15, 0.2) is 30.6 Å². The molecule has 86 valence electrons. The third-order valence-corrected chi connectivity index (χ3v) is 4.14. The van der Waals surface area contributed by atoms with Gasteiger partial charge in [0.1, 0.15) is 0 Å². The number of fused-ring (bicyclic) bond motifs is 1. The van der Waals surface area contributed by atoms with E-state index in [0.29, 0.717) is 0 Å². The van der Waals surface area contributed by atoms with Gasteiger partial charge in [0.05, 0.1) is 4.88 Å². The number of rotatable bonds is 2. The lowest BCUT2D eigenvalue weighted by atomic mass is 10.2. The zero-order valence-corrected chi connectivity index (χ0v) is 10.1. The fourth-order valence-electron chi connectivity index (χ4n) is 2.07. The van der Waals surface area contributed by atoms with Crippen LogP contribution in [0, 0.1) is 0 Å². The quantitative estimate of drug-likeness (QED) is 0.882. The fraction of sp³-hybridized carbons (Fsp3) is 0.231. The number of carbonyl (C=O) groups excluding carboxylic acids is 1. The van der Waals surface area contributed by atoms with E-state index >= 15 is 0 Å². The number of nitrogens with one attached hydrogen (secondary N) is 1. The average Bonchev–Trinajstić information content (AvgIpc) is 2.90. The number of pyridine rings is 1. The molecular formula is C13H12N2OS. The second-order valence-corrected chi connectivity index (χ2v) is 5.24. The van der Waals surface area contributed by atoms with Gasteiger partial charge in [0.15, 0.2) is 0 Å². The molecule has 1 aliphatic rings. The standard InChI is InChI=1S/C13H12N2OS/c16-13(15-10-4-6-14-7-5-10)12-8-9-2-1-3-11(9)17-12/h4-8H,1-3H2,(H,14,15,16). The van der Waals surface area contributed by atoms with Gasteiger partial charge in [-0.05, 0) is 43.0 Å². The second-order valence-electron chi connectivity index (χ2n) is 4.10. The molecule has 0 unspecified atom stereocenters. The lowest BCUT2D eigenvalue weighted by molar-refractivity contribution is 0.103. The summed E-state index contributed by atoms with van der Waals surface area (Å²) in [5, 5.41) is 2.88. The highest BCUT2D eigenvalue weighted by atomic mass is 32.1. The summed E-state index contributed by atoms with van der Waals surface area (Å²) in [4.78, 5) is 18.1. The predicted molar refractivity (Wildman–Crippen MR) is 68.5 cm³/mol. The van der Waals surface area contributed by atoms with Crippen LogP contribution in [0.2, 0.25) is 0 Å². The number of carbonyl (C=O) groups is 1. The molecule has 0 saturated heterocycles. The van der Waals surface area contributed by atoms with E-state index < -0.39 is 0 Å². The largest absolute Gasteiger partial charge is 0.321 e. The first kappa shape index (κ1) is 10.5. The first-order chi connectivity index (χ1) is 8.33. The number of nitrogens with zero attached hydrogens (tertiary/aromatic N) is 1. The molecule has 0 fully saturated rings. The van der Waals surface area contributed by atoms with E-state index in [2.05, 4.69) is 10.3 Å². The van der Waals surface area contributed by atoms with Gasteiger partial charge < -0.3 is 5.32 Å². The molecule has 0 atom stereocenters. The van der Waals surface area contributed by atoms with Crippen LogP contribution in [-0.2, 0) is 12.8 Å². The summed E-state index contributed by atoms with van der Waals surface area (Å²) >= 11 is 1.62. The molecule has 0 spiro atoms. The molecule has 0 radical (unpaired) electrons. The zero-order chi connectivity index (χ0) is 11.7. The van der Waals surface area contributed by atoms with Crippen molar-refractivity contribution in [2.45, 2.75) is 19.3 Å². The first-order valence-corrected chi connectivity index (χ1v) is 6.47. The molecule has 3 nitrogen and oxygen atoms in total. The van der Waals surface area contributed by atoms with Crippen LogP contribution in [0.4, 0.5) is 5.69 Å². The molecule has 1 amide bonds. The van der Waals surface area contributed by atoms with Crippen molar-refractivity contribution in [2.24, 2.45) is 0 Å². The van der Waals surface area contributed by atoms with Crippen LogP contribution in [0.1, 0.15) is 26.5 Å². The molecule has 17 heavy (non-hydrogen) atoms. The summed E-state index contributed by atoms with van der Waals surface area (Å²) < 4.78 is 0. The molecule has 2 heterocycles. The van der Waals surface area contributed by atoms with Gasteiger partial charge in [0, 0.05) is 23.0 Å². The number of hydrogen-bond donors (Lipinski definition) is 1. The van der Waals surface area contributed by atoms with Gasteiger partial charge in [-0.15, -0.1) is 11.3 Å². The van der Waals surface area contributed by atoms with Crippen molar-refractivity contribution in [3.05, 3.63) is 45.9 Å². The van der Waals surface area contributed by atoms with Crippen LogP contribution in [0.25, 0.3) is 0 Å². The van der Waals surface area contributed by atoms with Crippen LogP contribution in [-0.4, -0.2) is 10.9 Å². The molecule has 3 rings (SSSR count). The Morgan fingerprint density at radius 3 is 2.88 bits per heavy atom. The molecule has 0 aromatic carbocycles. The minimum atomic E-state index is -0.0180. The number of aromatic nitrogens is 1. The van der Waals surface area contributed by atoms with E-state index in [4.69, 9.17) is 0 Å². The Hall–Kier alpha value is -1.68. The Balaban J connectivity index is 1.78. The highest BCUT2D eigenvalue weighted by Gasteiger charge is 2.18. The topological polar surface area (TPSA) is 42.0 Å². The molecule has 1 aliphatic carbocycles. The lowest BCUT2D eigenvalue weighted by Crippen LogP contribution is -2.10. The van der Waals surface area contributed by atoms with Crippen LogP contribution in [0.5, 0.6) is 0 Å². The van der Waals surface area contributed by atoms with Crippen molar-refractivity contribution in [3.63, 3.8) is 0 Å². The van der Waals surface area contributed by atoms with Gasteiger partial charge >= 0.3 is 0 Å². The normalized spacial score (nSPS) is 13.4. The zero-order valence-electron chi connectivity index (χ0n) is 9.27. The summed E-state index contributed by atoms with van der Waals surface area (Å²) in [6, 6.07) is 5.61. The van der Waals surface area contributed by atoms with Crippen molar-refractivity contribution in [1.82, 2.24) is 4.98 Å². The number of hydrogen-bond acceptors (Lipinski definition) is 3. The molecule has 0 bridgehead atoms. The third kappa shape index (κ3) is 2.08. The Bertz CT molecular complexity index is 526. The van der Waals surface area contributed by atoms with Crippen molar-refractivity contribution in [1.29, 1.82) is 0 Å². The van der Waals surface area contributed by atoms with Crippen molar-refractivity contribution < 1.29 is 4.79 Å². The van der Waals surface area contributed by atoms with Crippen molar-refractivity contribution in [2.75, 3.05) is 5.32 Å². The number of anilines is 1. The van der Waals surface area contributed by atoms with E-state index in [0.717, 1.165) is 23.4 Å². The first-order valence-electron chi connectivity index (χ1n) is 5.66. The number of amides is 1. The van der Waals surface area contributed by atoms with E-state index in [1.807, 2.05) is 6.07 Å². The molecule has 4 heteroatoms. The van der Waals surface area contributed by atoms with Gasteiger partial charge in [-0.2, -0.15) is 0 Å². The van der Waals surface area contributed by atoms with Crippen LogP contribution >= 0.6 is 11.3 Å². The maximum absolute atomic E-state index is 12.0. The Morgan fingerprint density at radius 2 is 2.12 bits per heavy atom. The van der Waals surface area contributed by atoms with Crippen molar-refractivity contribution >= 4 is 22.9 Å². The predicted octanol–water partition coefficient (Wildman–Crippen LogP) is 2.88. The summed E-state index contributed by atoms with van der Waals surface area (Å²) in [7, 11) is 0. The SMILES string of the molecule is O=C(Nc1ccncc1)c1cc2c(s1)CCC2. The summed E-state index contributed by atoms with van der Waals surface area (Å²) in [5.74, 6) is -0.0180. The second kappa shape index (κ2) is 4.30. The van der Waals surface area contributed by atoms with E-state index in [-0.39, 0.29) is 5.91 Å². The van der Waals surface area contributed by atoms with Crippen molar-refractivity contribution in [3.8, 4) is 0 Å². The lowest BCUT2D eigenvalue weighted by Gasteiger charge is -2.02. The fourth-order valence-corrected chi connectivity index (χ4v) is 3.22. The van der Waals surface area contributed by atoms with Gasteiger partial charge in [-0.3, -0.25) is 9.78 Å². The third-order valence-electron chi connectivity index (χ3n) is 2.91. The van der Waals surface area contributed by atoms with Gasteiger partial charge in [0.2, 0.25) is 0 Å². The van der Waals surface area contributed by atoms with Gasteiger partial charge in [-0.1, -0.05) is 0 Å². The molecule has 2 aromatic rings. The van der Waals surface area contributed by atoms with Crippen LogP contribution < -0.4 is 5.32 Å². The molecule has 2 aromatic heterocycles. The van der Waals surface area contributed by atoms with E-state index in [9.17, 15) is 4.79 Å². The molecule has 1 N–H and O–H groups in total. The highest BCUT2D eigenvalue weighted by molar-refractivity contribution is 7.14. The highest BCUT2D eigenvalue weighted by Crippen LogP contribution is 2.30.